The third-order valence-electron chi connectivity index (χ3n) is 3.56. The summed E-state index contributed by atoms with van der Waals surface area (Å²) >= 11 is 0. The first kappa shape index (κ1) is 12.9. The molecule has 1 heterocycles. The summed E-state index contributed by atoms with van der Waals surface area (Å²) in [7, 11) is 0. The zero-order chi connectivity index (χ0) is 13.1. The van der Waals surface area contributed by atoms with Gasteiger partial charge in [0.2, 0.25) is 0 Å². The van der Waals surface area contributed by atoms with Gasteiger partial charge in [0.15, 0.2) is 0 Å². The molecule has 4 nitrogen and oxygen atoms in total. The number of benzene rings is 1. The number of carboxylic acid groups (broad SMARTS) is 1. The predicted octanol–water partition coefficient (Wildman–Crippen LogP) is 1.77. The Kier molecular flexibility index (Phi) is 3.87. The molecular weight excluding hydrogens is 228 g/mol. The molecule has 18 heavy (non-hydrogen) atoms. The monoisotopic (exact) mass is 248 g/mol. The summed E-state index contributed by atoms with van der Waals surface area (Å²) in [5, 5.41) is 12.2. The number of nitrogens with one attached hydrogen (secondary N) is 1. The van der Waals surface area contributed by atoms with Gasteiger partial charge in [0, 0.05) is 12.2 Å². The van der Waals surface area contributed by atoms with E-state index in [1.165, 1.54) is 16.8 Å². The molecule has 4 N–H and O–H groups in total. The Morgan fingerprint density at radius 2 is 2.39 bits per heavy atom. The van der Waals surface area contributed by atoms with Crippen LogP contribution in [0, 0.1) is 12.8 Å². The van der Waals surface area contributed by atoms with Crippen molar-refractivity contribution in [2.75, 3.05) is 11.9 Å². The van der Waals surface area contributed by atoms with Crippen molar-refractivity contribution in [2.45, 2.75) is 32.2 Å². The molecule has 0 spiro atoms. The zero-order valence-corrected chi connectivity index (χ0v) is 10.6. The van der Waals surface area contributed by atoms with Crippen LogP contribution in [0.15, 0.2) is 18.2 Å². The summed E-state index contributed by atoms with van der Waals surface area (Å²) in [6, 6.07) is 5.70. The third-order valence-corrected chi connectivity index (χ3v) is 3.56. The van der Waals surface area contributed by atoms with Gasteiger partial charge in [-0.15, -0.1) is 0 Å². The molecule has 0 fully saturated rings. The van der Waals surface area contributed by atoms with Gasteiger partial charge < -0.3 is 16.2 Å². The van der Waals surface area contributed by atoms with E-state index < -0.39 is 12.0 Å². The van der Waals surface area contributed by atoms with Crippen LogP contribution in [0.1, 0.15) is 24.0 Å². The van der Waals surface area contributed by atoms with E-state index in [-0.39, 0.29) is 0 Å². The van der Waals surface area contributed by atoms with Crippen molar-refractivity contribution in [3.05, 3.63) is 29.3 Å². The Labute approximate surface area is 107 Å². The number of carbonyl (C=O) groups is 1. The lowest BCUT2D eigenvalue weighted by atomic mass is 9.89. The molecule has 1 aliphatic rings. The van der Waals surface area contributed by atoms with Crippen LogP contribution in [0.3, 0.4) is 0 Å². The lowest BCUT2D eigenvalue weighted by Gasteiger charge is -2.27. The number of aryl methyl sites for hydroxylation is 1. The SMILES string of the molecule is Cc1ccc2c(c1)NC[C@@H](CC[C@@H](N)C(=O)O)C2. The molecule has 0 radical (unpaired) electrons. The minimum absolute atomic E-state index is 0.477. The number of nitrogens with two attached hydrogens (primary N) is 1. The fourth-order valence-corrected chi connectivity index (χ4v) is 2.41. The van der Waals surface area contributed by atoms with E-state index in [9.17, 15) is 4.79 Å². The molecule has 0 saturated carbocycles. The van der Waals surface area contributed by atoms with E-state index in [2.05, 4.69) is 30.4 Å². The molecule has 0 bridgehead atoms. The molecule has 2 rings (SSSR count). The van der Waals surface area contributed by atoms with Crippen LogP contribution in [0.25, 0.3) is 0 Å². The van der Waals surface area contributed by atoms with Crippen molar-refractivity contribution in [1.82, 2.24) is 0 Å². The summed E-state index contributed by atoms with van der Waals surface area (Å²) in [5.41, 5.74) is 9.32. The van der Waals surface area contributed by atoms with Gasteiger partial charge in [0.25, 0.3) is 0 Å². The summed E-state index contributed by atoms with van der Waals surface area (Å²) in [4.78, 5) is 10.7. The molecule has 0 aliphatic carbocycles. The minimum atomic E-state index is -0.908. The maximum absolute atomic E-state index is 10.7. The van der Waals surface area contributed by atoms with E-state index in [0.717, 1.165) is 19.4 Å². The molecule has 0 amide bonds. The van der Waals surface area contributed by atoms with Crippen molar-refractivity contribution in [3.8, 4) is 0 Å². The van der Waals surface area contributed by atoms with Crippen LogP contribution in [0.4, 0.5) is 5.69 Å². The Balaban J connectivity index is 1.92. The first-order valence-electron chi connectivity index (χ1n) is 6.38. The summed E-state index contributed by atoms with van der Waals surface area (Å²) in [6.45, 7) is 2.99. The minimum Gasteiger partial charge on any atom is -0.480 e. The van der Waals surface area contributed by atoms with Gasteiger partial charge in [0.05, 0.1) is 0 Å². The standard InChI is InChI=1S/C14H20N2O2/c1-9-2-4-11-7-10(8-16-13(11)6-9)3-5-12(15)14(17)18/h2,4,6,10,12,16H,3,5,7-8,15H2,1H3,(H,17,18)/t10-,12+/m0/s1. The van der Waals surface area contributed by atoms with Gasteiger partial charge in [0.1, 0.15) is 6.04 Å². The van der Waals surface area contributed by atoms with E-state index in [4.69, 9.17) is 10.8 Å². The molecule has 98 valence electrons. The van der Waals surface area contributed by atoms with Gasteiger partial charge in [-0.25, -0.2) is 0 Å². The van der Waals surface area contributed by atoms with Crippen LogP contribution in [-0.4, -0.2) is 23.7 Å². The highest BCUT2D eigenvalue weighted by atomic mass is 16.4. The Bertz CT molecular complexity index is 445. The van der Waals surface area contributed by atoms with E-state index in [1.807, 2.05) is 0 Å². The number of anilines is 1. The molecule has 0 saturated heterocycles. The van der Waals surface area contributed by atoms with Crippen molar-refractivity contribution in [3.63, 3.8) is 0 Å². The molecule has 1 aliphatic heterocycles. The number of fused-ring (bicyclic) bond motifs is 1. The molecule has 0 unspecified atom stereocenters. The second-order valence-corrected chi connectivity index (χ2v) is 5.13. The second kappa shape index (κ2) is 5.40. The molecule has 0 aromatic heterocycles. The van der Waals surface area contributed by atoms with Crippen LogP contribution >= 0.6 is 0 Å². The van der Waals surface area contributed by atoms with Crippen LogP contribution in [0.5, 0.6) is 0 Å². The lowest BCUT2D eigenvalue weighted by molar-refractivity contribution is -0.138. The Morgan fingerprint density at radius 3 is 3.11 bits per heavy atom. The number of hydrogen-bond donors (Lipinski definition) is 3. The van der Waals surface area contributed by atoms with Gasteiger partial charge in [-0.2, -0.15) is 0 Å². The molecule has 1 aromatic rings. The van der Waals surface area contributed by atoms with Crippen LogP contribution in [0.2, 0.25) is 0 Å². The largest absolute Gasteiger partial charge is 0.480 e. The highest BCUT2D eigenvalue weighted by Gasteiger charge is 2.20. The van der Waals surface area contributed by atoms with E-state index in [0.29, 0.717) is 12.3 Å². The fraction of sp³-hybridized carbons (Fsp3) is 0.500. The van der Waals surface area contributed by atoms with Crippen molar-refractivity contribution >= 4 is 11.7 Å². The van der Waals surface area contributed by atoms with Gasteiger partial charge in [-0.3, -0.25) is 4.79 Å². The highest BCUT2D eigenvalue weighted by molar-refractivity contribution is 5.72. The van der Waals surface area contributed by atoms with E-state index >= 15 is 0 Å². The number of aliphatic carboxylic acids is 1. The maximum atomic E-state index is 10.7. The lowest BCUT2D eigenvalue weighted by Crippen LogP contribution is -2.32. The molecule has 2 atom stereocenters. The number of carboxylic acids is 1. The van der Waals surface area contributed by atoms with Crippen LogP contribution in [-0.2, 0) is 11.2 Å². The normalized spacial score (nSPS) is 19.8. The summed E-state index contributed by atoms with van der Waals surface area (Å²) in [6.07, 6.45) is 2.41. The van der Waals surface area contributed by atoms with Crippen LogP contribution < -0.4 is 11.1 Å². The van der Waals surface area contributed by atoms with Crippen molar-refractivity contribution < 1.29 is 9.90 Å². The molecular formula is C14H20N2O2. The van der Waals surface area contributed by atoms with Crippen molar-refractivity contribution in [1.29, 1.82) is 0 Å². The maximum Gasteiger partial charge on any atom is 0.320 e. The zero-order valence-electron chi connectivity index (χ0n) is 10.6. The second-order valence-electron chi connectivity index (χ2n) is 5.13. The number of rotatable bonds is 4. The smallest absolute Gasteiger partial charge is 0.320 e. The quantitative estimate of drug-likeness (QED) is 0.759. The Hall–Kier alpha value is -1.55. The highest BCUT2D eigenvalue weighted by Crippen LogP contribution is 2.27. The average Bonchev–Trinajstić information content (AvgIpc) is 2.35. The molecule has 4 heteroatoms. The first-order valence-corrected chi connectivity index (χ1v) is 6.38. The fourth-order valence-electron chi connectivity index (χ4n) is 2.41. The van der Waals surface area contributed by atoms with Gasteiger partial charge >= 0.3 is 5.97 Å². The Morgan fingerprint density at radius 1 is 1.61 bits per heavy atom. The summed E-state index contributed by atoms with van der Waals surface area (Å²) < 4.78 is 0. The third kappa shape index (κ3) is 3.01. The first-order chi connectivity index (χ1) is 8.56. The van der Waals surface area contributed by atoms with Crippen molar-refractivity contribution in [2.24, 2.45) is 11.7 Å². The molecule has 1 aromatic carbocycles. The van der Waals surface area contributed by atoms with Gasteiger partial charge in [-0.1, -0.05) is 12.1 Å². The average molecular weight is 248 g/mol. The topological polar surface area (TPSA) is 75.3 Å². The number of hydrogen-bond acceptors (Lipinski definition) is 3. The summed E-state index contributed by atoms with van der Waals surface area (Å²) in [5.74, 6) is -0.430. The van der Waals surface area contributed by atoms with Gasteiger partial charge in [-0.05, 0) is 49.3 Å². The predicted molar refractivity (Wildman–Crippen MR) is 71.7 cm³/mol. The van der Waals surface area contributed by atoms with E-state index in [1.54, 1.807) is 0 Å².